The molecule has 0 radical (unpaired) electrons. The number of isocyanates is 1. The fourth-order valence-corrected chi connectivity index (χ4v) is 0.474. The maximum atomic E-state index is 10.6. The number of ether oxygens (including phenoxy) is 3. The van der Waals surface area contributed by atoms with Crippen molar-refractivity contribution in [3.8, 4) is 6.26 Å². The third-order valence-corrected chi connectivity index (χ3v) is 0.957. The maximum Gasteiger partial charge on any atom is 0.508 e. The van der Waals surface area contributed by atoms with Gasteiger partial charge in [0.2, 0.25) is 6.08 Å². The monoisotopic (exact) mass is 200 g/mol. The van der Waals surface area contributed by atoms with Crippen LogP contribution in [0.25, 0.3) is 0 Å². The Balaban J connectivity index is 3.28. The van der Waals surface area contributed by atoms with E-state index in [9.17, 15) is 9.59 Å². The van der Waals surface area contributed by atoms with Gasteiger partial charge in [-0.1, -0.05) is 0 Å². The van der Waals surface area contributed by atoms with Gasteiger partial charge in [0.15, 0.2) is 0 Å². The van der Waals surface area contributed by atoms with Gasteiger partial charge in [-0.3, -0.25) is 0 Å². The highest BCUT2D eigenvalue weighted by molar-refractivity contribution is 5.59. The zero-order chi connectivity index (χ0) is 10.6. The summed E-state index contributed by atoms with van der Waals surface area (Å²) < 4.78 is 13.1. The molecular formula is C7H8N2O5. The van der Waals surface area contributed by atoms with Crippen LogP contribution in [0.5, 0.6) is 0 Å². The molecule has 0 aromatic heterocycles. The minimum absolute atomic E-state index is 0.0158. The molecule has 14 heavy (non-hydrogen) atoms. The molecule has 0 unspecified atom stereocenters. The number of carbonyl (C=O) groups excluding carboxylic acids is 2. The van der Waals surface area contributed by atoms with Crippen LogP contribution >= 0.6 is 0 Å². The lowest BCUT2D eigenvalue weighted by Gasteiger charge is -2.02. The average molecular weight is 200 g/mol. The molecule has 7 heteroatoms. The third kappa shape index (κ3) is 8.04. The van der Waals surface area contributed by atoms with E-state index in [1.165, 1.54) is 12.3 Å². The molecule has 0 N–H and O–H groups in total. The van der Waals surface area contributed by atoms with E-state index >= 15 is 0 Å². The summed E-state index contributed by atoms with van der Waals surface area (Å²) in [5.74, 6) is 0. The van der Waals surface area contributed by atoms with Crippen molar-refractivity contribution in [1.82, 2.24) is 0 Å². The van der Waals surface area contributed by atoms with Crippen LogP contribution in [0.3, 0.4) is 0 Å². The van der Waals surface area contributed by atoms with Crippen LogP contribution < -0.4 is 0 Å². The molecule has 0 aliphatic carbocycles. The number of hydrogen-bond donors (Lipinski definition) is 0. The molecule has 0 spiro atoms. The lowest BCUT2D eigenvalue weighted by atomic mass is 10.7. The quantitative estimate of drug-likeness (QED) is 0.196. The summed E-state index contributed by atoms with van der Waals surface area (Å²) in [5, 5.41) is 7.94. The number of nitriles is 1. The molecule has 0 aromatic carbocycles. The summed E-state index contributed by atoms with van der Waals surface area (Å²) in [6, 6.07) is 0. The molecule has 0 bridgehead atoms. The Hall–Kier alpha value is -2.06. The van der Waals surface area contributed by atoms with E-state index in [0.29, 0.717) is 0 Å². The zero-order valence-corrected chi connectivity index (χ0v) is 7.26. The van der Waals surface area contributed by atoms with Crippen molar-refractivity contribution in [1.29, 1.82) is 5.26 Å². The second kappa shape index (κ2) is 9.03. The first kappa shape index (κ1) is 11.9. The van der Waals surface area contributed by atoms with Gasteiger partial charge in [0.05, 0.1) is 6.54 Å². The lowest BCUT2D eigenvalue weighted by molar-refractivity contribution is 0.0448. The Morgan fingerprint density at radius 1 is 1.29 bits per heavy atom. The molecule has 7 nitrogen and oxygen atoms in total. The molecule has 0 atom stereocenters. The minimum Gasteiger partial charge on any atom is -0.432 e. The van der Waals surface area contributed by atoms with Crippen LogP contribution in [0.1, 0.15) is 0 Å². The van der Waals surface area contributed by atoms with E-state index < -0.39 is 6.16 Å². The molecule has 0 aliphatic rings. The van der Waals surface area contributed by atoms with E-state index in [1.807, 2.05) is 0 Å². The van der Waals surface area contributed by atoms with Crippen LogP contribution in [0, 0.1) is 11.5 Å². The van der Waals surface area contributed by atoms with Crippen molar-refractivity contribution in [2.45, 2.75) is 0 Å². The lowest BCUT2D eigenvalue weighted by Crippen LogP contribution is -2.12. The summed E-state index contributed by atoms with van der Waals surface area (Å²) in [6.07, 6.45) is 1.80. The van der Waals surface area contributed by atoms with Crippen molar-refractivity contribution < 1.29 is 23.8 Å². The Kier molecular flexibility index (Phi) is 7.70. The van der Waals surface area contributed by atoms with Crippen LogP contribution in [0.15, 0.2) is 4.99 Å². The largest absolute Gasteiger partial charge is 0.508 e. The smallest absolute Gasteiger partial charge is 0.432 e. The number of hydrogen-bond acceptors (Lipinski definition) is 7. The van der Waals surface area contributed by atoms with Gasteiger partial charge in [0, 0.05) is 0 Å². The van der Waals surface area contributed by atoms with Gasteiger partial charge in [-0.2, -0.15) is 5.26 Å². The molecule has 0 saturated carbocycles. The molecular weight excluding hydrogens is 192 g/mol. The van der Waals surface area contributed by atoms with Crippen LogP contribution in [-0.4, -0.2) is 38.6 Å². The first-order valence-electron chi connectivity index (χ1n) is 3.65. The summed E-state index contributed by atoms with van der Waals surface area (Å²) in [5.41, 5.74) is 0. The molecule has 0 aliphatic heterocycles. The van der Waals surface area contributed by atoms with Gasteiger partial charge in [0.25, 0.3) is 6.26 Å². The normalized spacial score (nSPS) is 7.93. The van der Waals surface area contributed by atoms with E-state index in [4.69, 9.17) is 5.26 Å². The van der Waals surface area contributed by atoms with Crippen LogP contribution in [0.2, 0.25) is 0 Å². The number of aliphatic imine (C=N–C) groups is 1. The third-order valence-electron chi connectivity index (χ3n) is 0.957. The fourth-order valence-electron chi connectivity index (χ4n) is 0.474. The number of rotatable bonds is 6. The Morgan fingerprint density at radius 3 is 2.64 bits per heavy atom. The zero-order valence-electron chi connectivity index (χ0n) is 7.26. The van der Waals surface area contributed by atoms with Gasteiger partial charge in [-0.15, -0.1) is 0 Å². The average Bonchev–Trinajstić information content (AvgIpc) is 2.19. The SMILES string of the molecule is N#COCCOC(=O)OCCN=C=O. The first-order chi connectivity index (χ1) is 6.81. The van der Waals surface area contributed by atoms with Crippen molar-refractivity contribution >= 4 is 12.2 Å². The summed E-state index contributed by atoms with van der Waals surface area (Å²) in [7, 11) is 0. The Bertz CT molecular complexity index is 253. The predicted octanol–water partition coefficient (Wildman–Crippen LogP) is -0.0269. The number of carbonyl (C=O) groups is 1. The van der Waals surface area contributed by atoms with Crippen molar-refractivity contribution in [2.24, 2.45) is 4.99 Å². The fraction of sp³-hybridized carbons (Fsp3) is 0.571. The number of nitrogens with zero attached hydrogens (tertiary/aromatic N) is 2. The molecule has 0 rings (SSSR count). The molecule has 0 saturated heterocycles. The van der Waals surface area contributed by atoms with Crippen molar-refractivity contribution in [3.63, 3.8) is 0 Å². The van der Waals surface area contributed by atoms with Gasteiger partial charge in [-0.25, -0.2) is 14.6 Å². The standard InChI is InChI=1S/C7H8N2O5/c8-5-12-3-4-14-7(11)13-2-1-9-6-10/h1-4H2. The predicted molar refractivity (Wildman–Crippen MR) is 41.9 cm³/mol. The van der Waals surface area contributed by atoms with Crippen molar-refractivity contribution in [3.05, 3.63) is 0 Å². The molecule has 0 fully saturated rings. The molecule has 76 valence electrons. The van der Waals surface area contributed by atoms with Crippen molar-refractivity contribution in [2.75, 3.05) is 26.4 Å². The minimum atomic E-state index is -0.896. The van der Waals surface area contributed by atoms with Crippen LogP contribution in [0.4, 0.5) is 4.79 Å². The van der Waals surface area contributed by atoms with E-state index in [-0.39, 0.29) is 26.4 Å². The second-order valence-corrected chi connectivity index (χ2v) is 1.86. The summed E-state index contributed by atoms with van der Waals surface area (Å²) in [6.45, 7) is -0.0814. The molecule has 0 amide bonds. The van der Waals surface area contributed by atoms with E-state index in [0.717, 1.165) is 0 Å². The summed E-state index contributed by atoms with van der Waals surface area (Å²) in [4.78, 5) is 23.4. The summed E-state index contributed by atoms with van der Waals surface area (Å²) >= 11 is 0. The Morgan fingerprint density at radius 2 is 2.00 bits per heavy atom. The Labute approximate surface area is 79.9 Å². The van der Waals surface area contributed by atoms with E-state index in [2.05, 4.69) is 19.2 Å². The molecule has 0 aromatic rings. The van der Waals surface area contributed by atoms with Gasteiger partial charge in [0.1, 0.15) is 19.8 Å². The maximum absolute atomic E-state index is 10.6. The highest BCUT2D eigenvalue weighted by atomic mass is 16.7. The topological polar surface area (TPSA) is 98.0 Å². The first-order valence-corrected chi connectivity index (χ1v) is 3.65. The highest BCUT2D eigenvalue weighted by Crippen LogP contribution is 1.85. The van der Waals surface area contributed by atoms with Gasteiger partial charge >= 0.3 is 6.16 Å². The molecule has 0 heterocycles. The van der Waals surface area contributed by atoms with Gasteiger partial charge in [-0.05, 0) is 0 Å². The second-order valence-electron chi connectivity index (χ2n) is 1.86. The highest BCUT2D eigenvalue weighted by Gasteiger charge is 2.02. The van der Waals surface area contributed by atoms with Crippen LogP contribution in [-0.2, 0) is 19.0 Å². The van der Waals surface area contributed by atoms with E-state index in [1.54, 1.807) is 0 Å². The van der Waals surface area contributed by atoms with Gasteiger partial charge < -0.3 is 14.2 Å².